The SMILES string of the molecule is N#Cc1cc2ccnc(O/C=C3/CCC(=O)N3)c2cc1OC(F)(F)F. The van der Waals surface area contributed by atoms with Crippen LogP contribution in [-0.4, -0.2) is 17.3 Å². The molecule has 0 aliphatic carbocycles. The molecule has 25 heavy (non-hydrogen) atoms. The number of carbonyl (C=O) groups is 1. The molecule has 1 aromatic heterocycles. The lowest BCUT2D eigenvalue weighted by Gasteiger charge is -2.12. The molecule has 2 aromatic rings. The molecular weight excluding hydrogens is 339 g/mol. The number of alkyl halides is 3. The van der Waals surface area contributed by atoms with Gasteiger partial charge in [0.15, 0.2) is 0 Å². The van der Waals surface area contributed by atoms with Gasteiger partial charge in [0.2, 0.25) is 11.8 Å². The number of nitriles is 1. The van der Waals surface area contributed by atoms with Gasteiger partial charge < -0.3 is 14.8 Å². The van der Waals surface area contributed by atoms with Crippen LogP contribution in [-0.2, 0) is 4.79 Å². The molecule has 0 atom stereocenters. The Morgan fingerprint density at radius 1 is 1.32 bits per heavy atom. The van der Waals surface area contributed by atoms with Gasteiger partial charge in [-0.3, -0.25) is 4.79 Å². The minimum Gasteiger partial charge on any atom is -0.444 e. The van der Waals surface area contributed by atoms with Crippen LogP contribution in [0.1, 0.15) is 18.4 Å². The van der Waals surface area contributed by atoms with E-state index in [2.05, 4.69) is 15.0 Å². The van der Waals surface area contributed by atoms with E-state index in [9.17, 15) is 18.0 Å². The van der Waals surface area contributed by atoms with Crippen molar-refractivity contribution in [1.82, 2.24) is 10.3 Å². The van der Waals surface area contributed by atoms with Crippen LogP contribution in [0.15, 0.2) is 36.4 Å². The van der Waals surface area contributed by atoms with Crippen LogP contribution in [0, 0.1) is 11.3 Å². The van der Waals surface area contributed by atoms with Crippen LogP contribution >= 0.6 is 0 Å². The third-order valence-corrected chi connectivity index (χ3v) is 3.41. The predicted octanol–water partition coefficient (Wildman–Crippen LogP) is 3.14. The highest BCUT2D eigenvalue weighted by atomic mass is 19.4. The summed E-state index contributed by atoms with van der Waals surface area (Å²) < 4.78 is 46.9. The van der Waals surface area contributed by atoms with Gasteiger partial charge in [-0.1, -0.05) is 0 Å². The van der Waals surface area contributed by atoms with Gasteiger partial charge >= 0.3 is 6.36 Å². The average Bonchev–Trinajstić information content (AvgIpc) is 2.96. The Morgan fingerprint density at radius 3 is 2.76 bits per heavy atom. The molecule has 0 saturated carbocycles. The van der Waals surface area contributed by atoms with Crippen LogP contribution < -0.4 is 14.8 Å². The molecule has 0 bridgehead atoms. The summed E-state index contributed by atoms with van der Waals surface area (Å²) in [5.74, 6) is -0.745. The Labute approximate surface area is 139 Å². The lowest BCUT2D eigenvalue weighted by Crippen LogP contribution is -2.17. The number of allylic oxidation sites excluding steroid dienone is 1. The summed E-state index contributed by atoms with van der Waals surface area (Å²) in [7, 11) is 0. The molecule has 1 fully saturated rings. The molecule has 0 radical (unpaired) electrons. The molecule has 1 aromatic carbocycles. The number of carbonyl (C=O) groups excluding carboxylic acids is 1. The van der Waals surface area contributed by atoms with Crippen molar-refractivity contribution >= 4 is 16.7 Å². The predicted molar refractivity (Wildman–Crippen MR) is 79.2 cm³/mol. The first-order chi connectivity index (χ1) is 11.9. The number of hydrogen-bond donors (Lipinski definition) is 1. The van der Waals surface area contributed by atoms with Gasteiger partial charge in [0, 0.05) is 18.0 Å². The number of hydrogen-bond acceptors (Lipinski definition) is 5. The van der Waals surface area contributed by atoms with Crippen LogP contribution in [0.2, 0.25) is 0 Å². The Morgan fingerprint density at radius 2 is 2.12 bits per heavy atom. The number of amides is 1. The molecule has 1 aliphatic rings. The van der Waals surface area contributed by atoms with Crippen molar-refractivity contribution in [3.63, 3.8) is 0 Å². The van der Waals surface area contributed by atoms with Crippen molar-refractivity contribution < 1.29 is 27.4 Å². The standard InChI is InChI=1S/C16H10F3N3O3/c17-16(18,19)25-13-6-12-9(5-10(13)7-20)3-4-21-15(12)24-8-11-1-2-14(23)22-11/h3-6,8H,1-2H2,(H,22,23)/b11-8-. The Hall–Kier alpha value is -3.28. The molecule has 6 nitrogen and oxygen atoms in total. The highest BCUT2D eigenvalue weighted by Crippen LogP contribution is 2.33. The van der Waals surface area contributed by atoms with Crippen molar-refractivity contribution in [2.24, 2.45) is 0 Å². The number of ether oxygens (including phenoxy) is 2. The Balaban J connectivity index is 2.00. The van der Waals surface area contributed by atoms with E-state index in [0.717, 1.165) is 6.07 Å². The van der Waals surface area contributed by atoms with Gasteiger partial charge in [-0.15, -0.1) is 13.2 Å². The molecule has 2 heterocycles. The minimum atomic E-state index is -4.93. The number of pyridine rings is 1. The van der Waals surface area contributed by atoms with Crippen LogP contribution in [0.4, 0.5) is 13.2 Å². The van der Waals surface area contributed by atoms with E-state index < -0.39 is 12.1 Å². The summed E-state index contributed by atoms with van der Waals surface area (Å²) in [5.41, 5.74) is 0.285. The van der Waals surface area contributed by atoms with E-state index in [1.807, 2.05) is 0 Å². The average molecular weight is 349 g/mol. The zero-order valence-corrected chi connectivity index (χ0v) is 12.6. The fourth-order valence-corrected chi connectivity index (χ4v) is 2.33. The zero-order valence-electron chi connectivity index (χ0n) is 12.6. The third-order valence-electron chi connectivity index (χ3n) is 3.41. The van der Waals surface area contributed by atoms with E-state index >= 15 is 0 Å². The van der Waals surface area contributed by atoms with E-state index in [-0.39, 0.29) is 22.7 Å². The lowest BCUT2D eigenvalue weighted by molar-refractivity contribution is -0.274. The molecule has 3 rings (SSSR count). The number of benzene rings is 1. The maximum Gasteiger partial charge on any atom is 0.573 e. The summed E-state index contributed by atoms with van der Waals surface area (Å²) >= 11 is 0. The molecule has 0 unspecified atom stereocenters. The topological polar surface area (TPSA) is 84.2 Å². The van der Waals surface area contributed by atoms with E-state index in [1.54, 1.807) is 6.07 Å². The Bertz CT molecular complexity index is 916. The highest BCUT2D eigenvalue weighted by molar-refractivity contribution is 5.89. The quantitative estimate of drug-likeness (QED) is 0.861. The lowest BCUT2D eigenvalue weighted by atomic mass is 10.1. The molecule has 0 spiro atoms. The summed E-state index contributed by atoms with van der Waals surface area (Å²) in [6.45, 7) is 0. The molecule has 1 amide bonds. The summed E-state index contributed by atoms with van der Waals surface area (Å²) in [6, 6.07) is 5.51. The largest absolute Gasteiger partial charge is 0.573 e. The number of fused-ring (bicyclic) bond motifs is 1. The van der Waals surface area contributed by atoms with Crippen LogP contribution in [0.3, 0.4) is 0 Å². The number of rotatable bonds is 3. The van der Waals surface area contributed by atoms with E-state index in [4.69, 9.17) is 10.00 Å². The fraction of sp³-hybridized carbons (Fsp3) is 0.188. The first-order valence-electron chi connectivity index (χ1n) is 7.10. The fourth-order valence-electron chi connectivity index (χ4n) is 2.33. The number of halogens is 3. The maximum atomic E-state index is 12.5. The van der Waals surface area contributed by atoms with Crippen LogP contribution in [0.5, 0.6) is 11.6 Å². The van der Waals surface area contributed by atoms with Gasteiger partial charge in [-0.2, -0.15) is 5.26 Å². The second kappa shape index (κ2) is 6.32. The molecule has 9 heteroatoms. The Kier molecular flexibility index (Phi) is 4.19. The van der Waals surface area contributed by atoms with E-state index in [1.165, 1.54) is 24.6 Å². The number of nitrogens with zero attached hydrogens (tertiary/aromatic N) is 2. The minimum absolute atomic E-state index is 0.0302. The molecule has 1 aliphatic heterocycles. The summed E-state index contributed by atoms with van der Waals surface area (Å²) in [6.07, 6.45) is -1.43. The first-order valence-corrected chi connectivity index (χ1v) is 7.10. The normalized spacial score (nSPS) is 15.9. The maximum absolute atomic E-state index is 12.5. The molecule has 1 N–H and O–H groups in total. The van der Waals surface area contributed by atoms with E-state index in [0.29, 0.717) is 23.9 Å². The number of nitrogens with one attached hydrogen (secondary N) is 1. The zero-order chi connectivity index (χ0) is 18.0. The van der Waals surface area contributed by atoms with Gasteiger partial charge in [0.25, 0.3) is 0 Å². The number of aromatic nitrogens is 1. The van der Waals surface area contributed by atoms with Crippen molar-refractivity contribution in [2.45, 2.75) is 19.2 Å². The second-order valence-electron chi connectivity index (χ2n) is 5.15. The van der Waals surface area contributed by atoms with Crippen molar-refractivity contribution in [1.29, 1.82) is 5.26 Å². The van der Waals surface area contributed by atoms with Gasteiger partial charge in [0.05, 0.1) is 11.3 Å². The molecule has 1 saturated heterocycles. The molecular formula is C16H10F3N3O3. The second-order valence-corrected chi connectivity index (χ2v) is 5.15. The summed E-state index contributed by atoms with van der Waals surface area (Å²) in [5, 5.41) is 12.3. The summed E-state index contributed by atoms with van der Waals surface area (Å²) in [4.78, 5) is 15.1. The van der Waals surface area contributed by atoms with Crippen molar-refractivity contribution in [3.8, 4) is 17.7 Å². The van der Waals surface area contributed by atoms with Crippen molar-refractivity contribution in [2.75, 3.05) is 0 Å². The van der Waals surface area contributed by atoms with Gasteiger partial charge in [-0.25, -0.2) is 4.98 Å². The van der Waals surface area contributed by atoms with Crippen molar-refractivity contribution in [3.05, 3.63) is 41.9 Å². The van der Waals surface area contributed by atoms with Gasteiger partial charge in [-0.05, 0) is 30.0 Å². The smallest absolute Gasteiger partial charge is 0.444 e. The highest BCUT2D eigenvalue weighted by Gasteiger charge is 2.32. The molecule has 128 valence electrons. The van der Waals surface area contributed by atoms with Gasteiger partial charge in [0.1, 0.15) is 18.1 Å². The monoisotopic (exact) mass is 349 g/mol. The first kappa shape index (κ1) is 16.6. The van der Waals surface area contributed by atoms with Crippen LogP contribution in [0.25, 0.3) is 10.8 Å². The third kappa shape index (κ3) is 3.80.